The molecule has 1 saturated heterocycles. The molecule has 1 heterocycles. The standard InChI is InChI=1S/C16H30N2O2/c1-2-14(19)15(20)17-13-16(9-5-3-6-10-16)18-11-7-4-8-12-18/h14,19H,2-13H2,1H3,(H,17,20)/t14-/m0/s1. The van der Waals surface area contributed by atoms with Crippen LogP contribution in [0, 0.1) is 0 Å². The second kappa shape index (κ2) is 7.41. The van der Waals surface area contributed by atoms with Crippen molar-refractivity contribution >= 4 is 5.91 Å². The van der Waals surface area contributed by atoms with Crippen molar-refractivity contribution in [2.24, 2.45) is 0 Å². The Morgan fingerprint density at radius 3 is 2.35 bits per heavy atom. The number of hydrogen-bond donors (Lipinski definition) is 2. The molecule has 2 rings (SSSR count). The third kappa shape index (κ3) is 3.73. The normalized spacial score (nSPS) is 25.1. The summed E-state index contributed by atoms with van der Waals surface area (Å²) in [4.78, 5) is 14.5. The maximum absolute atomic E-state index is 11.9. The van der Waals surface area contributed by atoms with E-state index in [2.05, 4.69) is 10.2 Å². The van der Waals surface area contributed by atoms with Crippen LogP contribution in [0.5, 0.6) is 0 Å². The Labute approximate surface area is 122 Å². The zero-order valence-corrected chi connectivity index (χ0v) is 12.9. The van der Waals surface area contributed by atoms with Gasteiger partial charge in [-0.05, 0) is 45.2 Å². The van der Waals surface area contributed by atoms with Crippen molar-refractivity contribution in [3.63, 3.8) is 0 Å². The number of carbonyl (C=O) groups is 1. The molecule has 1 atom stereocenters. The van der Waals surface area contributed by atoms with E-state index < -0.39 is 6.10 Å². The lowest BCUT2D eigenvalue weighted by molar-refractivity contribution is -0.130. The molecular formula is C16H30N2O2. The predicted octanol–water partition coefficient (Wildman–Crippen LogP) is 2.06. The zero-order chi connectivity index (χ0) is 14.4. The number of piperidine rings is 1. The molecule has 1 aliphatic heterocycles. The second-order valence-electron chi connectivity index (χ2n) is 6.47. The summed E-state index contributed by atoms with van der Waals surface area (Å²) in [7, 11) is 0. The van der Waals surface area contributed by atoms with Gasteiger partial charge in [-0.3, -0.25) is 9.69 Å². The summed E-state index contributed by atoms with van der Waals surface area (Å²) in [5, 5.41) is 12.6. The summed E-state index contributed by atoms with van der Waals surface area (Å²) >= 11 is 0. The van der Waals surface area contributed by atoms with Gasteiger partial charge in [-0.1, -0.05) is 32.6 Å². The molecule has 2 fully saturated rings. The summed E-state index contributed by atoms with van der Waals surface area (Å²) in [6.07, 6.45) is 9.78. The Hall–Kier alpha value is -0.610. The van der Waals surface area contributed by atoms with E-state index in [9.17, 15) is 9.90 Å². The first-order chi connectivity index (χ1) is 9.68. The van der Waals surface area contributed by atoms with Gasteiger partial charge in [0, 0.05) is 12.1 Å². The van der Waals surface area contributed by atoms with Crippen molar-refractivity contribution in [3.8, 4) is 0 Å². The lowest BCUT2D eigenvalue weighted by Gasteiger charge is -2.48. The van der Waals surface area contributed by atoms with E-state index in [0.29, 0.717) is 13.0 Å². The molecule has 20 heavy (non-hydrogen) atoms. The maximum Gasteiger partial charge on any atom is 0.248 e. The lowest BCUT2D eigenvalue weighted by atomic mass is 9.79. The first-order valence-corrected chi connectivity index (χ1v) is 8.39. The summed E-state index contributed by atoms with van der Waals surface area (Å²) in [5.41, 5.74) is 0.155. The van der Waals surface area contributed by atoms with Crippen molar-refractivity contribution in [3.05, 3.63) is 0 Å². The lowest BCUT2D eigenvalue weighted by Crippen LogP contribution is -2.58. The van der Waals surface area contributed by atoms with Crippen LogP contribution in [0.1, 0.15) is 64.7 Å². The third-order valence-corrected chi connectivity index (χ3v) is 5.09. The van der Waals surface area contributed by atoms with E-state index in [1.165, 1.54) is 64.5 Å². The van der Waals surface area contributed by atoms with Crippen molar-refractivity contribution in [2.45, 2.75) is 76.4 Å². The summed E-state index contributed by atoms with van der Waals surface area (Å²) in [6, 6.07) is 0. The van der Waals surface area contributed by atoms with Crippen LogP contribution in [-0.2, 0) is 4.79 Å². The molecule has 2 N–H and O–H groups in total. The van der Waals surface area contributed by atoms with Crippen molar-refractivity contribution < 1.29 is 9.90 Å². The highest BCUT2D eigenvalue weighted by Gasteiger charge is 2.38. The molecule has 0 spiro atoms. The van der Waals surface area contributed by atoms with E-state index in [0.717, 1.165) is 0 Å². The monoisotopic (exact) mass is 282 g/mol. The van der Waals surface area contributed by atoms with Gasteiger partial charge in [0.1, 0.15) is 6.10 Å². The maximum atomic E-state index is 11.9. The van der Waals surface area contributed by atoms with Gasteiger partial charge >= 0.3 is 0 Å². The van der Waals surface area contributed by atoms with E-state index in [4.69, 9.17) is 0 Å². The van der Waals surface area contributed by atoms with Gasteiger partial charge in [-0.15, -0.1) is 0 Å². The van der Waals surface area contributed by atoms with Gasteiger partial charge in [0.2, 0.25) is 5.91 Å². The molecule has 0 unspecified atom stereocenters. The van der Waals surface area contributed by atoms with Gasteiger partial charge in [0.05, 0.1) is 0 Å². The Bertz CT molecular complexity index is 308. The summed E-state index contributed by atoms with van der Waals surface area (Å²) in [6.45, 7) is 4.90. The minimum absolute atomic E-state index is 0.155. The average molecular weight is 282 g/mol. The van der Waals surface area contributed by atoms with Crippen LogP contribution in [-0.4, -0.2) is 47.2 Å². The number of carbonyl (C=O) groups excluding carboxylic acids is 1. The first kappa shape index (κ1) is 15.8. The van der Waals surface area contributed by atoms with E-state index in [-0.39, 0.29) is 11.4 Å². The fourth-order valence-electron chi connectivity index (χ4n) is 3.74. The number of aliphatic hydroxyl groups is 1. The SMILES string of the molecule is CC[C@H](O)C(=O)NCC1(N2CCCCC2)CCCCC1. The summed E-state index contributed by atoms with van der Waals surface area (Å²) in [5.74, 6) is -0.200. The molecule has 4 heteroatoms. The van der Waals surface area contributed by atoms with Crippen molar-refractivity contribution in [1.29, 1.82) is 0 Å². The second-order valence-corrected chi connectivity index (χ2v) is 6.47. The molecule has 4 nitrogen and oxygen atoms in total. The van der Waals surface area contributed by atoms with Crippen molar-refractivity contribution in [1.82, 2.24) is 10.2 Å². The quantitative estimate of drug-likeness (QED) is 0.811. The smallest absolute Gasteiger partial charge is 0.248 e. The number of rotatable bonds is 5. The van der Waals surface area contributed by atoms with Crippen molar-refractivity contribution in [2.75, 3.05) is 19.6 Å². The molecule has 0 radical (unpaired) electrons. The highest BCUT2D eigenvalue weighted by atomic mass is 16.3. The highest BCUT2D eigenvalue weighted by Crippen LogP contribution is 2.35. The number of amides is 1. The van der Waals surface area contributed by atoms with E-state index >= 15 is 0 Å². The third-order valence-electron chi connectivity index (χ3n) is 5.09. The molecule has 116 valence electrons. The topological polar surface area (TPSA) is 52.6 Å². The molecule has 0 bridgehead atoms. The predicted molar refractivity (Wildman–Crippen MR) is 80.5 cm³/mol. The van der Waals surface area contributed by atoms with Crippen LogP contribution >= 0.6 is 0 Å². The molecule has 1 aliphatic carbocycles. The van der Waals surface area contributed by atoms with Crippen LogP contribution in [0.25, 0.3) is 0 Å². The molecule has 0 aromatic heterocycles. The summed E-state index contributed by atoms with van der Waals surface area (Å²) < 4.78 is 0. The molecule has 2 aliphatic rings. The molecule has 0 aromatic carbocycles. The van der Waals surface area contributed by atoms with E-state index in [1.54, 1.807) is 0 Å². The highest BCUT2D eigenvalue weighted by molar-refractivity contribution is 5.80. The number of nitrogens with one attached hydrogen (secondary N) is 1. The van der Waals surface area contributed by atoms with Gasteiger partial charge in [-0.25, -0.2) is 0 Å². The van der Waals surface area contributed by atoms with E-state index in [1.807, 2.05) is 6.92 Å². The van der Waals surface area contributed by atoms with Crippen LogP contribution in [0.4, 0.5) is 0 Å². The van der Waals surface area contributed by atoms with Crippen LogP contribution in [0.2, 0.25) is 0 Å². The van der Waals surface area contributed by atoms with Crippen LogP contribution in [0.3, 0.4) is 0 Å². The first-order valence-electron chi connectivity index (χ1n) is 8.39. The number of likely N-dealkylation sites (tertiary alicyclic amines) is 1. The van der Waals surface area contributed by atoms with Gasteiger partial charge < -0.3 is 10.4 Å². The largest absolute Gasteiger partial charge is 0.383 e. The zero-order valence-electron chi connectivity index (χ0n) is 12.9. The number of aliphatic hydroxyl groups excluding tert-OH is 1. The Morgan fingerprint density at radius 2 is 1.75 bits per heavy atom. The van der Waals surface area contributed by atoms with Gasteiger partial charge in [-0.2, -0.15) is 0 Å². The number of hydrogen-bond acceptors (Lipinski definition) is 3. The van der Waals surface area contributed by atoms with Crippen LogP contribution < -0.4 is 5.32 Å². The molecule has 0 aromatic rings. The minimum atomic E-state index is -0.850. The fourth-order valence-corrected chi connectivity index (χ4v) is 3.74. The average Bonchev–Trinajstić information content (AvgIpc) is 2.53. The van der Waals surface area contributed by atoms with Gasteiger partial charge in [0.15, 0.2) is 0 Å². The Kier molecular flexibility index (Phi) is 5.85. The Morgan fingerprint density at radius 1 is 1.15 bits per heavy atom. The molecular weight excluding hydrogens is 252 g/mol. The minimum Gasteiger partial charge on any atom is -0.383 e. The fraction of sp³-hybridized carbons (Fsp3) is 0.938. The molecule has 1 saturated carbocycles. The molecule has 1 amide bonds. The number of nitrogens with zero attached hydrogens (tertiary/aromatic N) is 1. The van der Waals surface area contributed by atoms with Crippen LogP contribution in [0.15, 0.2) is 0 Å². The van der Waals surface area contributed by atoms with Gasteiger partial charge in [0.25, 0.3) is 0 Å². The Balaban J connectivity index is 1.97.